The molecule has 1 atom stereocenters. The van der Waals surface area contributed by atoms with Gasteiger partial charge in [0.25, 0.3) is 5.91 Å². The third-order valence-corrected chi connectivity index (χ3v) is 4.88. The average molecular weight is 449 g/mol. The van der Waals surface area contributed by atoms with E-state index in [2.05, 4.69) is 15.4 Å². The molecule has 1 N–H and O–H groups in total. The Morgan fingerprint density at radius 2 is 1.94 bits per heavy atom. The maximum Gasteiger partial charge on any atom is 0.333 e. The van der Waals surface area contributed by atoms with Crippen LogP contribution in [0.25, 0.3) is 11.1 Å². The highest BCUT2D eigenvalue weighted by atomic mass is 35.5. The van der Waals surface area contributed by atoms with Crippen LogP contribution in [0.1, 0.15) is 40.6 Å². The first kappa shape index (κ1) is 22.4. The van der Waals surface area contributed by atoms with Crippen LogP contribution in [-0.2, 0) is 9.53 Å². The molecule has 2 heterocycles. The van der Waals surface area contributed by atoms with Crippen molar-refractivity contribution in [3.8, 4) is 11.1 Å². The molecule has 31 heavy (non-hydrogen) atoms. The van der Waals surface area contributed by atoms with Gasteiger partial charge < -0.3 is 10.1 Å². The second-order valence-electron chi connectivity index (χ2n) is 6.73. The third kappa shape index (κ3) is 5.43. The van der Waals surface area contributed by atoms with Gasteiger partial charge in [-0.05, 0) is 41.8 Å². The third-order valence-electron chi connectivity index (χ3n) is 4.62. The van der Waals surface area contributed by atoms with Crippen LogP contribution in [0.15, 0.2) is 48.9 Å². The molecule has 0 fully saturated rings. The molecule has 0 saturated carbocycles. The zero-order valence-electron chi connectivity index (χ0n) is 16.7. The summed E-state index contributed by atoms with van der Waals surface area (Å²) in [5.74, 6) is -1.04. The molecule has 1 unspecified atom stereocenters. The van der Waals surface area contributed by atoms with E-state index in [0.29, 0.717) is 32.0 Å². The minimum atomic E-state index is -2.77. The highest BCUT2D eigenvalue weighted by Gasteiger charge is 2.21. The lowest BCUT2D eigenvalue weighted by atomic mass is 10.0. The van der Waals surface area contributed by atoms with Gasteiger partial charge in [0, 0.05) is 23.0 Å². The number of pyridine rings is 1. The van der Waals surface area contributed by atoms with E-state index >= 15 is 0 Å². The Balaban J connectivity index is 1.87. The smallest absolute Gasteiger partial charge is 0.333 e. The number of rotatable bonds is 7. The number of alkyl halides is 2. The number of aromatic nitrogens is 3. The fourth-order valence-corrected chi connectivity index (χ4v) is 3.10. The Morgan fingerprint density at radius 3 is 2.55 bits per heavy atom. The number of aryl methyl sites for hydroxylation is 1. The summed E-state index contributed by atoms with van der Waals surface area (Å²) in [6.45, 7) is -1.02. The van der Waals surface area contributed by atoms with Crippen LogP contribution in [0.2, 0.25) is 5.02 Å². The van der Waals surface area contributed by atoms with Gasteiger partial charge in [-0.1, -0.05) is 23.7 Å². The number of carbonyl (C=O) groups is 2. The fraction of sp³-hybridized carbons (Fsp3) is 0.238. The van der Waals surface area contributed by atoms with Crippen molar-refractivity contribution in [1.82, 2.24) is 20.1 Å². The zero-order chi connectivity index (χ0) is 22.5. The number of methoxy groups -OCH3 is 1. The summed E-state index contributed by atoms with van der Waals surface area (Å²) in [6.07, 6.45) is 3.87. The summed E-state index contributed by atoms with van der Waals surface area (Å²) in [7, 11) is 1.26. The number of hydrogen-bond acceptors (Lipinski definition) is 5. The highest BCUT2D eigenvalue weighted by Crippen LogP contribution is 2.25. The lowest BCUT2D eigenvalue weighted by Gasteiger charge is -2.18. The Hall–Kier alpha value is -3.33. The normalized spacial score (nSPS) is 11.9. The molecule has 0 aliphatic carbocycles. The van der Waals surface area contributed by atoms with Gasteiger partial charge in [-0.3, -0.25) is 14.6 Å². The predicted octanol–water partition coefficient (Wildman–Crippen LogP) is 4.34. The molecule has 1 aromatic carbocycles. The number of hydrogen-bond donors (Lipinski definition) is 1. The average Bonchev–Trinajstić information content (AvgIpc) is 3.24. The molecule has 0 saturated heterocycles. The van der Waals surface area contributed by atoms with E-state index in [9.17, 15) is 18.4 Å². The zero-order valence-corrected chi connectivity index (χ0v) is 17.4. The number of nitrogens with one attached hydrogen (secondary N) is 1. The van der Waals surface area contributed by atoms with Crippen LogP contribution in [0.3, 0.4) is 0 Å². The first-order chi connectivity index (χ1) is 14.8. The Kier molecular flexibility index (Phi) is 6.96. The summed E-state index contributed by atoms with van der Waals surface area (Å²) < 4.78 is 30.9. The number of amides is 1. The molecule has 1 amide bonds. The van der Waals surface area contributed by atoms with Gasteiger partial charge in [-0.2, -0.15) is 13.9 Å². The second-order valence-corrected chi connectivity index (χ2v) is 7.17. The van der Waals surface area contributed by atoms with Crippen LogP contribution in [-0.4, -0.2) is 33.8 Å². The molecule has 7 nitrogen and oxygen atoms in total. The number of nitrogens with zero attached hydrogens (tertiary/aromatic N) is 3. The van der Waals surface area contributed by atoms with Gasteiger partial charge in [0.05, 0.1) is 25.8 Å². The molecule has 162 valence electrons. The van der Waals surface area contributed by atoms with Gasteiger partial charge in [0.15, 0.2) is 0 Å². The number of ether oxygens (including phenoxy) is 1. The Morgan fingerprint density at radius 1 is 1.23 bits per heavy atom. The van der Waals surface area contributed by atoms with E-state index in [1.54, 1.807) is 31.2 Å². The summed E-state index contributed by atoms with van der Waals surface area (Å²) in [6, 6.07) is 7.51. The Bertz CT molecular complexity index is 1090. The molecule has 3 aromatic rings. The molecular formula is C21H19ClF2N4O3. The van der Waals surface area contributed by atoms with Crippen molar-refractivity contribution in [2.24, 2.45) is 0 Å². The summed E-state index contributed by atoms with van der Waals surface area (Å²) in [4.78, 5) is 28.9. The van der Waals surface area contributed by atoms with Crippen LogP contribution < -0.4 is 5.32 Å². The summed E-state index contributed by atoms with van der Waals surface area (Å²) in [5.41, 5.74) is 2.39. The molecule has 0 radical (unpaired) electrons. The van der Waals surface area contributed by atoms with E-state index < -0.39 is 24.5 Å². The van der Waals surface area contributed by atoms with Gasteiger partial charge in [0.1, 0.15) is 5.69 Å². The van der Waals surface area contributed by atoms with E-state index in [0.717, 1.165) is 0 Å². The van der Waals surface area contributed by atoms with Gasteiger partial charge in [0.2, 0.25) is 0 Å². The first-order valence-electron chi connectivity index (χ1n) is 9.21. The topological polar surface area (TPSA) is 86.1 Å². The van der Waals surface area contributed by atoms with Crippen LogP contribution in [0.4, 0.5) is 8.78 Å². The van der Waals surface area contributed by atoms with Gasteiger partial charge >= 0.3 is 12.5 Å². The molecule has 0 spiro atoms. The molecule has 0 bridgehead atoms. The molecular weight excluding hydrogens is 430 g/mol. The first-order valence-corrected chi connectivity index (χ1v) is 9.58. The monoisotopic (exact) mass is 448 g/mol. The standard InChI is InChI=1S/C21H19ClF2N4O3/c1-12-9-25-18(7-16(12)14-10-26-28(11-14)21(23)24)20(30)27-17(8-19(29)31-2)13-3-5-15(22)6-4-13/h3-7,9-11,17,21H,8H2,1-2H3,(H,27,30). The molecule has 0 aliphatic heterocycles. The van der Waals surface area contributed by atoms with Crippen LogP contribution in [0, 0.1) is 6.92 Å². The number of esters is 1. The van der Waals surface area contributed by atoms with Crippen molar-refractivity contribution >= 4 is 23.5 Å². The number of carbonyl (C=O) groups excluding carboxylic acids is 2. The minimum absolute atomic E-state index is 0.0641. The quantitative estimate of drug-likeness (QED) is 0.543. The van der Waals surface area contributed by atoms with Gasteiger partial charge in [-0.15, -0.1) is 0 Å². The maximum absolute atomic E-state index is 12.9. The molecule has 2 aromatic heterocycles. The van der Waals surface area contributed by atoms with Crippen molar-refractivity contribution in [3.63, 3.8) is 0 Å². The van der Waals surface area contributed by atoms with Crippen molar-refractivity contribution in [2.75, 3.05) is 7.11 Å². The number of benzene rings is 1. The van der Waals surface area contributed by atoms with Crippen LogP contribution >= 0.6 is 11.6 Å². The summed E-state index contributed by atoms with van der Waals surface area (Å²) in [5, 5.41) is 6.91. The molecule has 0 aliphatic rings. The molecule has 3 rings (SSSR count). The van der Waals surface area contributed by atoms with Crippen molar-refractivity contribution in [1.29, 1.82) is 0 Å². The second kappa shape index (κ2) is 9.65. The van der Waals surface area contributed by atoms with E-state index in [-0.39, 0.29) is 12.1 Å². The van der Waals surface area contributed by atoms with Crippen molar-refractivity contribution in [2.45, 2.75) is 25.9 Å². The maximum atomic E-state index is 12.9. The lowest BCUT2D eigenvalue weighted by molar-refractivity contribution is -0.141. The van der Waals surface area contributed by atoms with Crippen molar-refractivity contribution in [3.05, 3.63) is 70.8 Å². The fourth-order valence-electron chi connectivity index (χ4n) is 2.97. The SMILES string of the molecule is COC(=O)CC(NC(=O)c1cc(-c2cnn(C(F)F)c2)c(C)cn1)c1ccc(Cl)cc1. The Labute approximate surface area is 182 Å². The lowest BCUT2D eigenvalue weighted by Crippen LogP contribution is -2.31. The predicted molar refractivity (Wildman–Crippen MR) is 110 cm³/mol. The summed E-state index contributed by atoms with van der Waals surface area (Å²) >= 11 is 5.92. The van der Waals surface area contributed by atoms with Gasteiger partial charge in [-0.25, -0.2) is 4.68 Å². The largest absolute Gasteiger partial charge is 0.469 e. The minimum Gasteiger partial charge on any atom is -0.469 e. The van der Waals surface area contributed by atoms with Crippen LogP contribution in [0.5, 0.6) is 0 Å². The highest BCUT2D eigenvalue weighted by molar-refractivity contribution is 6.30. The van der Waals surface area contributed by atoms with E-state index in [4.69, 9.17) is 16.3 Å². The van der Waals surface area contributed by atoms with E-state index in [1.807, 2.05) is 0 Å². The van der Waals surface area contributed by atoms with Crippen molar-refractivity contribution < 1.29 is 23.1 Å². The molecule has 10 heteroatoms. The number of halogens is 3. The van der Waals surface area contributed by atoms with E-state index in [1.165, 1.54) is 31.8 Å².